The monoisotopic (exact) mass is 390 g/mol. The van der Waals surface area contributed by atoms with Crippen LogP contribution in [0.5, 0.6) is 0 Å². The summed E-state index contributed by atoms with van der Waals surface area (Å²) in [5.74, 6) is -0.955. The van der Waals surface area contributed by atoms with Crippen molar-refractivity contribution in [3.63, 3.8) is 0 Å². The lowest BCUT2D eigenvalue weighted by atomic mass is 10.1. The molecule has 5 nitrogen and oxygen atoms in total. The first-order valence-corrected chi connectivity index (χ1v) is 8.63. The summed E-state index contributed by atoms with van der Waals surface area (Å²) in [5, 5.41) is 10.1. The molecule has 26 heavy (non-hydrogen) atoms. The molecule has 3 aromatic rings. The van der Waals surface area contributed by atoms with Gasteiger partial charge in [0, 0.05) is 28.0 Å². The third-order valence-corrected chi connectivity index (χ3v) is 4.46. The van der Waals surface area contributed by atoms with Gasteiger partial charge in [-0.3, -0.25) is 0 Å². The van der Waals surface area contributed by atoms with Crippen LogP contribution in [0.1, 0.15) is 27.6 Å². The summed E-state index contributed by atoms with van der Waals surface area (Å²) < 4.78 is 7.99. The van der Waals surface area contributed by atoms with Gasteiger partial charge in [0.1, 0.15) is 6.10 Å². The van der Waals surface area contributed by atoms with Crippen LogP contribution in [-0.2, 0) is 17.9 Å². The van der Waals surface area contributed by atoms with E-state index in [-0.39, 0.29) is 11.7 Å². The standard InChI is InChI=1S/C19H16Cl2N2O3/c20-15-5-6-16(17(21)9-15)18(10-23-8-7-22-12-23)26-11-13-1-3-14(4-2-13)19(24)25/h1-9,12,18H,10-11H2,(H,24,25). The number of nitrogens with zero attached hydrogens (tertiary/aromatic N) is 2. The topological polar surface area (TPSA) is 64.3 Å². The van der Waals surface area contributed by atoms with Gasteiger partial charge in [-0.25, -0.2) is 9.78 Å². The predicted molar refractivity (Wildman–Crippen MR) is 99.6 cm³/mol. The quantitative estimate of drug-likeness (QED) is 0.626. The first-order valence-electron chi connectivity index (χ1n) is 7.87. The molecule has 0 bridgehead atoms. The molecule has 0 aliphatic carbocycles. The molecule has 0 radical (unpaired) electrons. The van der Waals surface area contributed by atoms with Crippen LogP contribution in [0, 0.1) is 0 Å². The molecule has 0 saturated heterocycles. The number of benzene rings is 2. The number of ether oxygens (including phenoxy) is 1. The maximum Gasteiger partial charge on any atom is 0.335 e. The highest BCUT2D eigenvalue weighted by Crippen LogP contribution is 2.30. The highest BCUT2D eigenvalue weighted by Gasteiger charge is 2.17. The lowest BCUT2D eigenvalue weighted by molar-refractivity contribution is 0.0280. The summed E-state index contributed by atoms with van der Waals surface area (Å²) in [7, 11) is 0. The van der Waals surface area contributed by atoms with Gasteiger partial charge < -0.3 is 14.4 Å². The van der Waals surface area contributed by atoms with E-state index in [4.69, 9.17) is 33.0 Å². The Morgan fingerprint density at radius 3 is 2.58 bits per heavy atom. The predicted octanol–water partition coefficient (Wildman–Crippen LogP) is 4.85. The van der Waals surface area contributed by atoms with Crippen LogP contribution in [0.4, 0.5) is 0 Å². The largest absolute Gasteiger partial charge is 0.478 e. The molecule has 0 spiro atoms. The van der Waals surface area contributed by atoms with Crippen molar-refractivity contribution < 1.29 is 14.6 Å². The Balaban J connectivity index is 1.78. The zero-order chi connectivity index (χ0) is 18.5. The van der Waals surface area contributed by atoms with Crippen molar-refractivity contribution in [1.29, 1.82) is 0 Å². The maximum atomic E-state index is 10.9. The van der Waals surface area contributed by atoms with Crippen molar-refractivity contribution >= 4 is 29.2 Å². The Morgan fingerprint density at radius 2 is 1.96 bits per heavy atom. The van der Waals surface area contributed by atoms with E-state index in [1.54, 1.807) is 48.9 Å². The fraction of sp³-hybridized carbons (Fsp3) is 0.158. The third-order valence-electron chi connectivity index (χ3n) is 3.90. The van der Waals surface area contributed by atoms with Crippen molar-refractivity contribution in [1.82, 2.24) is 9.55 Å². The zero-order valence-corrected chi connectivity index (χ0v) is 15.2. The highest BCUT2D eigenvalue weighted by molar-refractivity contribution is 6.35. The molecule has 0 amide bonds. The van der Waals surface area contributed by atoms with E-state index >= 15 is 0 Å². The van der Waals surface area contributed by atoms with Crippen LogP contribution >= 0.6 is 23.2 Å². The first-order chi connectivity index (χ1) is 12.5. The molecule has 1 atom stereocenters. The molecule has 0 aliphatic rings. The lowest BCUT2D eigenvalue weighted by Gasteiger charge is -2.20. The minimum absolute atomic E-state index is 0.240. The molecule has 3 rings (SSSR count). The third kappa shape index (κ3) is 4.64. The SMILES string of the molecule is O=C(O)c1ccc(COC(Cn2ccnc2)c2ccc(Cl)cc2Cl)cc1. The van der Waals surface area contributed by atoms with E-state index in [1.165, 1.54) is 0 Å². The van der Waals surface area contributed by atoms with Crippen LogP contribution in [0.15, 0.2) is 61.2 Å². The molecule has 0 saturated carbocycles. The number of imidazole rings is 1. The summed E-state index contributed by atoms with van der Waals surface area (Å²) in [6.07, 6.45) is 4.95. The van der Waals surface area contributed by atoms with Crippen LogP contribution in [0.3, 0.4) is 0 Å². The molecular formula is C19H16Cl2N2O3. The lowest BCUT2D eigenvalue weighted by Crippen LogP contribution is -2.12. The normalized spacial score (nSPS) is 12.1. The molecule has 134 valence electrons. The molecule has 1 heterocycles. The smallest absolute Gasteiger partial charge is 0.335 e. The Labute approximate surface area is 160 Å². The number of carboxylic acid groups (broad SMARTS) is 1. The van der Waals surface area contributed by atoms with Gasteiger partial charge in [0.25, 0.3) is 0 Å². The van der Waals surface area contributed by atoms with Gasteiger partial charge in [0.15, 0.2) is 0 Å². The van der Waals surface area contributed by atoms with E-state index in [9.17, 15) is 4.79 Å². The first kappa shape index (κ1) is 18.5. The molecule has 1 N–H and O–H groups in total. The van der Waals surface area contributed by atoms with Crippen LogP contribution in [0.25, 0.3) is 0 Å². The van der Waals surface area contributed by atoms with Gasteiger partial charge in [-0.2, -0.15) is 0 Å². The molecule has 0 aliphatic heterocycles. The summed E-state index contributed by atoms with van der Waals surface area (Å²) >= 11 is 12.3. The van der Waals surface area contributed by atoms with E-state index in [1.807, 2.05) is 16.8 Å². The molecule has 1 aromatic heterocycles. The van der Waals surface area contributed by atoms with E-state index < -0.39 is 5.97 Å². The average Bonchev–Trinajstić information content (AvgIpc) is 3.12. The number of aromatic carboxylic acids is 1. The summed E-state index contributed by atoms with van der Waals surface area (Å²) in [5.41, 5.74) is 1.94. The summed E-state index contributed by atoms with van der Waals surface area (Å²) in [6.45, 7) is 0.854. The number of hydrogen-bond donors (Lipinski definition) is 1. The second-order valence-corrected chi connectivity index (χ2v) is 6.57. The van der Waals surface area contributed by atoms with E-state index in [2.05, 4.69) is 4.98 Å². The van der Waals surface area contributed by atoms with Crippen molar-refractivity contribution in [2.45, 2.75) is 19.3 Å². The number of hydrogen-bond acceptors (Lipinski definition) is 3. The molecule has 1 unspecified atom stereocenters. The highest BCUT2D eigenvalue weighted by atomic mass is 35.5. The number of aromatic nitrogens is 2. The molecular weight excluding hydrogens is 375 g/mol. The van der Waals surface area contributed by atoms with Crippen LogP contribution < -0.4 is 0 Å². The number of rotatable bonds is 7. The van der Waals surface area contributed by atoms with Gasteiger partial charge in [0.2, 0.25) is 0 Å². The fourth-order valence-electron chi connectivity index (χ4n) is 2.53. The van der Waals surface area contributed by atoms with Gasteiger partial charge in [-0.05, 0) is 29.8 Å². The Morgan fingerprint density at radius 1 is 1.19 bits per heavy atom. The van der Waals surface area contributed by atoms with Gasteiger partial charge in [-0.15, -0.1) is 0 Å². The molecule has 7 heteroatoms. The number of carbonyl (C=O) groups is 1. The van der Waals surface area contributed by atoms with Gasteiger partial charge in [0.05, 0.1) is 25.0 Å². The Kier molecular flexibility index (Phi) is 5.93. The van der Waals surface area contributed by atoms with Crippen LogP contribution in [-0.4, -0.2) is 20.6 Å². The average molecular weight is 391 g/mol. The minimum Gasteiger partial charge on any atom is -0.478 e. The van der Waals surface area contributed by atoms with Gasteiger partial charge in [-0.1, -0.05) is 41.4 Å². The van der Waals surface area contributed by atoms with Crippen molar-refractivity contribution in [2.24, 2.45) is 0 Å². The summed E-state index contributed by atoms with van der Waals surface area (Å²) in [6, 6.07) is 11.9. The van der Waals surface area contributed by atoms with Crippen molar-refractivity contribution in [3.8, 4) is 0 Å². The number of carboxylic acids is 1. The van der Waals surface area contributed by atoms with Crippen molar-refractivity contribution in [2.75, 3.05) is 0 Å². The Bertz CT molecular complexity index is 880. The molecule has 0 fully saturated rings. The molecule has 2 aromatic carbocycles. The summed E-state index contributed by atoms with van der Waals surface area (Å²) in [4.78, 5) is 15.0. The second kappa shape index (κ2) is 8.36. The zero-order valence-electron chi connectivity index (χ0n) is 13.7. The Hall–Kier alpha value is -2.34. The van der Waals surface area contributed by atoms with Crippen molar-refractivity contribution in [3.05, 3.63) is 87.9 Å². The second-order valence-electron chi connectivity index (χ2n) is 5.73. The number of halogens is 2. The van der Waals surface area contributed by atoms with E-state index in [0.717, 1.165) is 11.1 Å². The minimum atomic E-state index is -0.955. The fourth-order valence-corrected chi connectivity index (χ4v) is 3.06. The van der Waals surface area contributed by atoms with Gasteiger partial charge >= 0.3 is 5.97 Å². The van der Waals surface area contributed by atoms with Crippen LogP contribution in [0.2, 0.25) is 10.0 Å². The van der Waals surface area contributed by atoms with E-state index in [0.29, 0.717) is 23.2 Å². The maximum absolute atomic E-state index is 10.9.